The molecule has 1 saturated carbocycles. The van der Waals surface area contributed by atoms with Gasteiger partial charge in [0.25, 0.3) is 5.91 Å². The fraction of sp³-hybridized carbons (Fsp3) is 0.476. The number of hydrogen-bond acceptors (Lipinski definition) is 4. The van der Waals surface area contributed by atoms with Crippen molar-refractivity contribution in [2.24, 2.45) is 5.92 Å². The Hall–Kier alpha value is -2.83. The molecule has 1 aliphatic carbocycles. The van der Waals surface area contributed by atoms with Gasteiger partial charge in [0.1, 0.15) is 11.4 Å². The molecular formula is C21H26N4O3. The summed E-state index contributed by atoms with van der Waals surface area (Å²) in [5.74, 6) is 0.995. The third-order valence-electron chi connectivity index (χ3n) is 5.73. The van der Waals surface area contributed by atoms with Crippen molar-refractivity contribution in [3.8, 4) is 17.0 Å². The summed E-state index contributed by atoms with van der Waals surface area (Å²) < 4.78 is 5.24. The van der Waals surface area contributed by atoms with Crippen LogP contribution in [0.4, 0.5) is 0 Å². The van der Waals surface area contributed by atoms with Gasteiger partial charge in [-0.15, -0.1) is 0 Å². The number of hydrogen-bond donors (Lipinski definition) is 2. The number of amides is 2. The highest BCUT2D eigenvalue weighted by Gasteiger charge is 2.33. The second kappa shape index (κ2) is 8.04. The third-order valence-corrected chi connectivity index (χ3v) is 5.73. The van der Waals surface area contributed by atoms with Gasteiger partial charge in [-0.05, 0) is 37.5 Å². The van der Waals surface area contributed by atoms with Crippen molar-refractivity contribution >= 4 is 11.8 Å². The van der Waals surface area contributed by atoms with Gasteiger partial charge in [0.2, 0.25) is 5.91 Å². The highest BCUT2D eigenvalue weighted by molar-refractivity contribution is 5.93. The maximum atomic E-state index is 12.6. The van der Waals surface area contributed by atoms with Crippen LogP contribution in [-0.2, 0) is 4.79 Å². The normalized spacial score (nSPS) is 19.8. The number of nitrogens with zero attached hydrogens (tertiary/aromatic N) is 2. The fourth-order valence-electron chi connectivity index (χ4n) is 4.14. The quantitative estimate of drug-likeness (QED) is 0.832. The third kappa shape index (κ3) is 3.88. The molecule has 2 aliphatic rings. The molecule has 7 nitrogen and oxygen atoms in total. The molecule has 1 aromatic carbocycles. The molecule has 7 heteroatoms. The van der Waals surface area contributed by atoms with Crippen molar-refractivity contribution in [1.29, 1.82) is 0 Å². The molecule has 0 radical (unpaired) electrons. The molecule has 1 unspecified atom stereocenters. The van der Waals surface area contributed by atoms with Crippen LogP contribution < -0.4 is 10.1 Å². The summed E-state index contributed by atoms with van der Waals surface area (Å²) in [6.45, 7) is 1.32. The van der Waals surface area contributed by atoms with Gasteiger partial charge in [-0.1, -0.05) is 25.0 Å². The maximum absolute atomic E-state index is 12.6. The number of aromatic amines is 1. The highest BCUT2D eigenvalue weighted by Crippen LogP contribution is 2.28. The van der Waals surface area contributed by atoms with E-state index in [2.05, 4.69) is 15.5 Å². The lowest BCUT2D eigenvalue weighted by molar-refractivity contribution is -0.134. The van der Waals surface area contributed by atoms with Gasteiger partial charge in [0.15, 0.2) is 0 Å². The first-order valence-electron chi connectivity index (χ1n) is 9.93. The van der Waals surface area contributed by atoms with Crippen LogP contribution in [0.1, 0.15) is 42.6 Å². The Labute approximate surface area is 164 Å². The predicted octanol–water partition coefficient (Wildman–Crippen LogP) is 2.61. The minimum absolute atomic E-state index is 0.0126. The van der Waals surface area contributed by atoms with E-state index in [1.165, 1.54) is 0 Å². The first-order valence-corrected chi connectivity index (χ1v) is 9.93. The molecule has 148 valence electrons. The van der Waals surface area contributed by atoms with Gasteiger partial charge >= 0.3 is 0 Å². The first kappa shape index (κ1) is 18.5. The molecule has 1 atom stereocenters. The van der Waals surface area contributed by atoms with Crippen molar-refractivity contribution in [3.63, 3.8) is 0 Å². The summed E-state index contributed by atoms with van der Waals surface area (Å²) in [4.78, 5) is 27.1. The zero-order valence-corrected chi connectivity index (χ0v) is 16.1. The second-order valence-electron chi connectivity index (χ2n) is 7.62. The van der Waals surface area contributed by atoms with Crippen LogP contribution in [0, 0.1) is 5.92 Å². The molecule has 1 saturated heterocycles. The Morgan fingerprint density at radius 2 is 2.04 bits per heavy atom. The Kier molecular flexibility index (Phi) is 5.32. The van der Waals surface area contributed by atoms with E-state index in [1.54, 1.807) is 13.2 Å². The summed E-state index contributed by atoms with van der Waals surface area (Å²) in [5, 5.41) is 10.1. The molecule has 2 aromatic rings. The maximum Gasteiger partial charge on any atom is 0.269 e. The van der Waals surface area contributed by atoms with Gasteiger partial charge in [0.05, 0.1) is 12.8 Å². The van der Waals surface area contributed by atoms with Crippen molar-refractivity contribution in [2.75, 3.05) is 20.2 Å². The van der Waals surface area contributed by atoms with Crippen molar-refractivity contribution in [3.05, 3.63) is 36.0 Å². The summed E-state index contributed by atoms with van der Waals surface area (Å²) >= 11 is 0. The number of ether oxygens (including phenoxy) is 1. The Morgan fingerprint density at radius 1 is 1.21 bits per heavy atom. The Bertz CT molecular complexity index is 857. The molecule has 0 spiro atoms. The Balaban J connectivity index is 1.35. The number of methoxy groups -OCH3 is 1. The van der Waals surface area contributed by atoms with Crippen molar-refractivity contribution in [1.82, 2.24) is 20.4 Å². The van der Waals surface area contributed by atoms with Gasteiger partial charge in [0, 0.05) is 30.6 Å². The van der Waals surface area contributed by atoms with E-state index >= 15 is 0 Å². The lowest BCUT2D eigenvalue weighted by atomic mass is 10.1. The molecular weight excluding hydrogens is 356 g/mol. The largest absolute Gasteiger partial charge is 0.497 e. The zero-order valence-electron chi connectivity index (χ0n) is 16.1. The Morgan fingerprint density at radius 3 is 2.82 bits per heavy atom. The molecule has 0 bridgehead atoms. The molecule has 2 amide bonds. The van der Waals surface area contributed by atoms with E-state index in [9.17, 15) is 9.59 Å². The lowest BCUT2D eigenvalue weighted by Gasteiger charge is -2.20. The number of rotatable bonds is 5. The van der Waals surface area contributed by atoms with Crippen LogP contribution in [-0.4, -0.2) is 53.2 Å². The van der Waals surface area contributed by atoms with Crippen LogP contribution >= 0.6 is 0 Å². The smallest absolute Gasteiger partial charge is 0.269 e. The van der Waals surface area contributed by atoms with E-state index < -0.39 is 0 Å². The van der Waals surface area contributed by atoms with Crippen LogP contribution in [0.3, 0.4) is 0 Å². The lowest BCUT2D eigenvalue weighted by Crippen LogP contribution is -2.40. The summed E-state index contributed by atoms with van der Waals surface area (Å²) in [7, 11) is 1.62. The van der Waals surface area contributed by atoms with Gasteiger partial charge in [-0.25, -0.2) is 0 Å². The van der Waals surface area contributed by atoms with Crippen LogP contribution in [0.2, 0.25) is 0 Å². The molecule has 1 aromatic heterocycles. The molecule has 1 aliphatic heterocycles. The topological polar surface area (TPSA) is 87.3 Å². The van der Waals surface area contributed by atoms with E-state index in [4.69, 9.17) is 4.74 Å². The molecule has 2 N–H and O–H groups in total. The number of benzene rings is 1. The van der Waals surface area contributed by atoms with Gasteiger partial charge < -0.3 is 15.0 Å². The van der Waals surface area contributed by atoms with E-state index in [0.717, 1.165) is 50.0 Å². The number of nitrogens with one attached hydrogen (secondary N) is 2. The zero-order chi connectivity index (χ0) is 19.5. The standard InChI is InChI=1S/C21H26N4O3/c1-28-17-8-4-7-15(11-17)18-12-19(24-23-18)20(26)22-16-9-10-25(13-16)21(27)14-5-2-3-6-14/h4,7-8,11-12,14,16H,2-3,5-6,9-10,13H2,1H3,(H,22,26)(H,23,24). The average molecular weight is 382 g/mol. The summed E-state index contributed by atoms with van der Waals surface area (Å²) in [6, 6.07) is 9.27. The second-order valence-corrected chi connectivity index (χ2v) is 7.62. The number of H-pyrrole nitrogens is 1. The highest BCUT2D eigenvalue weighted by atomic mass is 16.5. The van der Waals surface area contributed by atoms with Crippen LogP contribution in [0.15, 0.2) is 30.3 Å². The van der Waals surface area contributed by atoms with Crippen molar-refractivity contribution < 1.29 is 14.3 Å². The van der Waals surface area contributed by atoms with Crippen molar-refractivity contribution in [2.45, 2.75) is 38.1 Å². The monoisotopic (exact) mass is 382 g/mol. The summed E-state index contributed by atoms with van der Waals surface area (Å²) in [5.41, 5.74) is 1.98. The minimum Gasteiger partial charge on any atom is -0.497 e. The van der Waals surface area contributed by atoms with Gasteiger partial charge in [-0.3, -0.25) is 14.7 Å². The first-order chi connectivity index (χ1) is 13.6. The molecule has 28 heavy (non-hydrogen) atoms. The van der Waals surface area contributed by atoms with E-state index in [0.29, 0.717) is 17.9 Å². The predicted molar refractivity (Wildman–Crippen MR) is 105 cm³/mol. The molecule has 2 heterocycles. The number of aromatic nitrogens is 2. The summed E-state index contributed by atoms with van der Waals surface area (Å²) in [6.07, 6.45) is 5.11. The van der Waals surface area contributed by atoms with Gasteiger partial charge in [-0.2, -0.15) is 5.10 Å². The number of carbonyl (C=O) groups excluding carboxylic acids is 2. The fourth-order valence-corrected chi connectivity index (χ4v) is 4.14. The SMILES string of the molecule is COc1cccc(-c2cc(C(=O)NC3CCN(C(=O)C4CCCC4)C3)[nH]n2)c1. The molecule has 2 fully saturated rings. The minimum atomic E-state index is -0.193. The molecule has 4 rings (SSSR count). The number of likely N-dealkylation sites (tertiary alicyclic amines) is 1. The van der Waals surface area contributed by atoms with Crippen LogP contribution in [0.25, 0.3) is 11.3 Å². The van der Waals surface area contributed by atoms with Crippen LogP contribution in [0.5, 0.6) is 5.75 Å². The van der Waals surface area contributed by atoms with E-state index in [-0.39, 0.29) is 23.8 Å². The number of carbonyl (C=O) groups is 2. The van der Waals surface area contributed by atoms with E-state index in [1.807, 2.05) is 29.2 Å². The average Bonchev–Trinajstić information content (AvgIpc) is 3.48.